The van der Waals surface area contributed by atoms with Crippen LogP contribution in [-0.2, 0) is 11.3 Å². The third-order valence-corrected chi connectivity index (χ3v) is 3.53. The minimum atomic E-state index is -1.27. The Balaban J connectivity index is 1.91. The van der Waals surface area contributed by atoms with Crippen LogP contribution in [0.2, 0.25) is 0 Å². The normalized spacial score (nSPS) is 32.9. The second-order valence-corrected chi connectivity index (χ2v) is 4.83. The molecule has 0 aliphatic heterocycles. The number of hydrogen-bond donors (Lipinski definition) is 3. The van der Waals surface area contributed by atoms with E-state index in [-0.39, 0.29) is 6.61 Å². The minimum Gasteiger partial charge on any atom is -0.392 e. The van der Waals surface area contributed by atoms with E-state index in [1.165, 1.54) is 0 Å². The average Bonchev–Trinajstić information content (AvgIpc) is 2.66. The zero-order chi connectivity index (χ0) is 14.5. The van der Waals surface area contributed by atoms with Crippen molar-refractivity contribution < 1.29 is 20.1 Å². The van der Waals surface area contributed by atoms with Gasteiger partial charge in [0, 0.05) is 10.8 Å². The van der Waals surface area contributed by atoms with Gasteiger partial charge in [0.2, 0.25) is 0 Å². The predicted octanol–water partition coefficient (Wildman–Crippen LogP) is 0.595. The van der Waals surface area contributed by atoms with Crippen LogP contribution < -0.4 is 0 Å². The maximum absolute atomic E-state index is 9.95. The van der Waals surface area contributed by atoms with Crippen LogP contribution in [-0.4, -0.2) is 46.3 Å². The predicted molar refractivity (Wildman–Crippen MR) is 70.5 cm³/mol. The van der Waals surface area contributed by atoms with Gasteiger partial charge < -0.3 is 20.1 Å². The van der Waals surface area contributed by atoms with Gasteiger partial charge in [-0.25, -0.2) is 0 Å². The summed E-state index contributed by atoms with van der Waals surface area (Å²) in [4.78, 5) is 2.57. The standard InChI is InChI=1S/C13H17N3O4/c14-16-15-10-11(17)9(12(18)13(10)19)7-20-6-8-4-2-1-3-5-8/h1-5,9-13,17-19H,6-7H2/t9-,10+,11+,12-,13+/m0/s1. The summed E-state index contributed by atoms with van der Waals surface area (Å²) in [5.74, 6) is -0.677. The molecule has 20 heavy (non-hydrogen) atoms. The molecular formula is C13H17N3O4. The van der Waals surface area contributed by atoms with Gasteiger partial charge in [0.15, 0.2) is 0 Å². The van der Waals surface area contributed by atoms with Crippen LogP contribution in [0.15, 0.2) is 35.4 Å². The highest BCUT2D eigenvalue weighted by molar-refractivity contribution is 5.13. The van der Waals surface area contributed by atoms with Gasteiger partial charge in [0.05, 0.1) is 37.6 Å². The number of ether oxygens (including phenoxy) is 1. The molecule has 1 aliphatic carbocycles. The number of rotatable bonds is 5. The van der Waals surface area contributed by atoms with E-state index in [2.05, 4.69) is 10.0 Å². The lowest BCUT2D eigenvalue weighted by atomic mass is 10.0. The zero-order valence-electron chi connectivity index (χ0n) is 10.8. The Morgan fingerprint density at radius 2 is 1.80 bits per heavy atom. The molecule has 0 saturated heterocycles. The number of aliphatic hydroxyl groups excluding tert-OH is 3. The molecule has 7 heteroatoms. The number of aliphatic hydroxyl groups is 3. The van der Waals surface area contributed by atoms with Gasteiger partial charge >= 0.3 is 0 Å². The van der Waals surface area contributed by atoms with Crippen molar-refractivity contribution in [1.82, 2.24) is 0 Å². The molecule has 0 bridgehead atoms. The van der Waals surface area contributed by atoms with Crippen molar-refractivity contribution in [3.8, 4) is 0 Å². The Kier molecular flexibility index (Phi) is 4.94. The van der Waals surface area contributed by atoms with E-state index in [9.17, 15) is 15.3 Å². The van der Waals surface area contributed by atoms with E-state index in [1.807, 2.05) is 30.3 Å². The van der Waals surface area contributed by atoms with Crippen molar-refractivity contribution in [3.63, 3.8) is 0 Å². The molecular weight excluding hydrogens is 262 g/mol. The van der Waals surface area contributed by atoms with E-state index in [4.69, 9.17) is 10.3 Å². The Bertz CT molecular complexity index is 478. The molecule has 1 saturated carbocycles. The molecule has 3 N–H and O–H groups in total. The van der Waals surface area contributed by atoms with Crippen molar-refractivity contribution in [2.45, 2.75) is 31.0 Å². The topological polar surface area (TPSA) is 119 Å². The van der Waals surface area contributed by atoms with Gasteiger partial charge in [-0.1, -0.05) is 35.4 Å². The van der Waals surface area contributed by atoms with Gasteiger partial charge in [-0.3, -0.25) is 0 Å². The molecule has 2 rings (SSSR count). The smallest absolute Gasteiger partial charge is 0.0922 e. The van der Waals surface area contributed by atoms with Crippen molar-refractivity contribution in [1.29, 1.82) is 0 Å². The molecule has 1 aromatic rings. The first-order valence-corrected chi connectivity index (χ1v) is 6.35. The molecule has 0 spiro atoms. The molecule has 0 aromatic heterocycles. The van der Waals surface area contributed by atoms with E-state index in [0.29, 0.717) is 6.61 Å². The second kappa shape index (κ2) is 6.69. The Hall–Kier alpha value is -1.63. The summed E-state index contributed by atoms with van der Waals surface area (Å²) in [5, 5.41) is 32.8. The number of azide groups is 1. The SMILES string of the molecule is [N-]=[N+]=N[C@@H]1[C@H](O)[C@H](COCc2ccccc2)[C@H](O)[C@@H]1O. The van der Waals surface area contributed by atoms with E-state index < -0.39 is 30.3 Å². The highest BCUT2D eigenvalue weighted by Crippen LogP contribution is 2.30. The van der Waals surface area contributed by atoms with Crippen LogP contribution in [0, 0.1) is 5.92 Å². The Labute approximate surface area is 116 Å². The van der Waals surface area contributed by atoms with Crippen LogP contribution in [0.25, 0.3) is 10.4 Å². The summed E-state index contributed by atoms with van der Waals surface area (Å²) in [5.41, 5.74) is 9.36. The zero-order valence-corrected chi connectivity index (χ0v) is 10.8. The summed E-state index contributed by atoms with van der Waals surface area (Å²) >= 11 is 0. The first-order valence-electron chi connectivity index (χ1n) is 6.35. The van der Waals surface area contributed by atoms with Gasteiger partial charge in [0.25, 0.3) is 0 Å². The molecule has 0 radical (unpaired) electrons. The van der Waals surface area contributed by atoms with Crippen LogP contribution in [0.5, 0.6) is 0 Å². The summed E-state index contributed by atoms with van der Waals surface area (Å²) in [6.07, 6.45) is -3.56. The monoisotopic (exact) mass is 279 g/mol. The van der Waals surface area contributed by atoms with Crippen LogP contribution in [0.3, 0.4) is 0 Å². The molecule has 0 heterocycles. The molecule has 108 valence electrons. The van der Waals surface area contributed by atoms with Crippen molar-refractivity contribution in [3.05, 3.63) is 46.3 Å². The number of nitrogens with zero attached hydrogens (tertiary/aromatic N) is 3. The van der Waals surface area contributed by atoms with E-state index in [0.717, 1.165) is 5.56 Å². The van der Waals surface area contributed by atoms with Gasteiger partial charge in [-0.15, -0.1) is 0 Å². The largest absolute Gasteiger partial charge is 0.392 e. The van der Waals surface area contributed by atoms with Crippen molar-refractivity contribution in [2.24, 2.45) is 11.0 Å². The number of hydrogen-bond acceptors (Lipinski definition) is 5. The molecule has 1 fully saturated rings. The Morgan fingerprint density at radius 3 is 2.45 bits per heavy atom. The van der Waals surface area contributed by atoms with Gasteiger partial charge in [-0.05, 0) is 11.1 Å². The first kappa shape index (κ1) is 14.8. The fourth-order valence-corrected chi connectivity index (χ4v) is 2.39. The summed E-state index contributed by atoms with van der Waals surface area (Å²) in [6, 6.07) is 8.44. The van der Waals surface area contributed by atoms with E-state index >= 15 is 0 Å². The second-order valence-electron chi connectivity index (χ2n) is 4.83. The molecule has 1 aromatic carbocycles. The van der Waals surface area contributed by atoms with Crippen molar-refractivity contribution in [2.75, 3.05) is 6.61 Å². The summed E-state index contributed by atoms with van der Waals surface area (Å²) in [7, 11) is 0. The van der Waals surface area contributed by atoms with E-state index in [1.54, 1.807) is 0 Å². The highest BCUT2D eigenvalue weighted by Gasteiger charge is 2.48. The molecule has 1 aliphatic rings. The summed E-state index contributed by atoms with van der Waals surface area (Å²) < 4.78 is 5.45. The quantitative estimate of drug-likeness (QED) is 0.415. The van der Waals surface area contributed by atoms with Crippen LogP contribution in [0.4, 0.5) is 0 Å². The fourth-order valence-electron chi connectivity index (χ4n) is 2.39. The lowest BCUT2D eigenvalue weighted by Crippen LogP contribution is -2.31. The molecule has 0 amide bonds. The molecule has 7 nitrogen and oxygen atoms in total. The fraction of sp³-hybridized carbons (Fsp3) is 0.538. The molecule has 0 unspecified atom stereocenters. The third-order valence-electron chi connectivity index (χ3n) is 3.53. The van der Waals surface area contributed by atoms with Crippen LogP contribution in [0.1, 0.15) is 5.56 Å². The minimum absolute atomic E-state index is 0.0751. The average molecular weight is 279 g/mol. The lowest BCUT2D eigenvalue weighted by Gasteiger charge is -2.18. The summed E-state index contributed by atoms with van der Waals surface area (Å²) in [6.45, 7) is 0.421. The molecule has 5 atom stereocenters. The maximum atomic E-state index is 9.95. The third kappa shape index (κ3) is 3.09. The lowest BCUT2D eigenvalue weighted by molar-refractivity contribution is -0.0287. The van der Waals surface area contributed by atoms with Gasteiger partial charge in [0.1, 0.15) is 0 Å². The van der Waals surface area contributed by atoms with Gasteiger partial charge in [-0.2, -0.15) is 0 Å². The first-order chi connectivity index (χ1) is 9.65. The van der Waals surface area contributed by atoms with Crippen molar-refractivity contribution >= 4 is 0 Å². The number of benzene rings is 1. The highest BCUT2D eigenvalue weighted by atomic mass is 16.5. The maximum Gasteiger partial charge on any atom is 0.0922 e. The Morgan fingerprint density at radius 1 is 1.10 bits per heavy atom. The van der Waals surface area contributed by atoms with Crippen LogP contribution >= 0.6 is 0 Å².